The Kier molecular flexibility index (Phi) is 6.81. The number of hydrogen-bond donors (Lipinski definition) is 0. The molecule has 3 nitrogen and oxygen atoms in total. The summed E-state index contributed by atoms with van der Waals surface area (Å²) in [5, 5.41) is 0. The molecule has 0 aliphatic carbocycles. The van der Waals surface area contributed by atoms with E-state index in [0.29, 0.717) is 19.8 Å². The summed E-state index contributed by atoms with van der Waals surface area (Å²) >= 11 is 0. The van der Waals surface area contributed by atoms with Crippen LogP contribution in [0.5, 0.6) is 0 Å². The summed E-state index contributed by atoms with van der Waals surface area (Å²) in [6, 6.07) is 19.8. The van der Waals surface area contributed by atoms with Crippen molar-refractivity contribution >= 4 is 6.29 Å². The minimum absolute atomic E-state index is 0.0184. The Morgan fingerprint density at radius 1 is 0.909 bits per heavy atom. The fourth-order valence-electron chi connectivity index (χ4n) is 2.14. The fourth-order valence-corrected chi connectivity index (χ4v) is 2.14. The maximum Gasteiger partial charge on any atom is 0.149 e. The summed E-state index contributed by atoms with van der Waals surface area (Å²) in [6.07, 6.45) is 0.412. The standard InChI is InChI=1S/C19H22O3/c1-16(13-21-14-17-8-4-2-5-9-17)19(12-20)22-15-18-10-6-3-7-11-18/h2-12,16,19H,13-15H2,1H3/t16-,19+/m0/s1. The van der Waals surface area contributed by atoms with Crippen LogP contribution >= 0.6 is 0 Å². The van der Waals surface area contributed by atoms with E-state index < -0.39 is 6.10 Å². The van der Waals surface area contributed by atoms with Crippen molar-refractivity contribution in [3.63, 3.8) is 0 Å². The van der Waals surface area contributed by atoms with E-state index >= 15 is 0 Å². The smallest absolute Gasteiger partial charge is 0.149 e. The Morgan fingerprint density at radius 3 is 2.00 bits per heavy atom. The third-order valence-electron chi connectivity index (χ3n) is 3.47. The molecule has 3 heteroatoms. The van der Waals surface area contributed by atoms with E-state index in [9.17, 15) is 4.79 Å². The summed E-state index contributed by atoms with van der Waals surface area (Å²) in [5.41, 5.74) is 2.19. The van der Waals surface area contributed by atoms with Gasteiger partial charge in [-0.15, -0.1) is 0 Å². The molecule has 0 saturated carbocycles. The molecule has 0 radical (unpaired) electrons. The molecule has 0 bridgehead atoms. The molecular weight excluding hydrogens is 276 g/mol. The molecule has 2 aromatic rings. The molecule has 0 unspecified atom stereocenters. The highest BCUT2D eigenvalue weighted by Gasteiger charge is 2.17. The van der Waals surface area contributed by atoms with Crippen molar-refractivity contribution in [3.05, 3.63) is 71.8 Å². The predicted molar refractivity (Wildman–Crippen MR) is 86.3 cm³/mol. The van der Waals surface area contributed by atoms with Crippen molar-refractivity contribution in [2.75, 3.05) is 6.61 Å². The molecule has 0 spiro atoms. The Bertz CT molecular complexity index is 539. The third-order valence-corrected chi connectivity index (χ3v) is 3.47. The van der Waals surface area contributed by atoms with Gasteiger partial charge in [0.05, 0.1) is 19.8 Å². The molecule has 0 aromatic heterocycles. The van der Waals surface area contributed by atoms with Crippen molar-refractivity contribution in [1.29, 1.82) is 0 Å². The number of aldehydes is 1. The van der Waals surface area contributed by atoms with Crippen LogP contribution in [-0.4, -0.2) is 19.0 Å². The lowest BCUT2D eigenvalue weighted by molar-refractivity contribution is -0.124. The number of carbonyl (C=O) groups is 1. The highest BCUT2D eigenvalue weighted by atomic mass is 16.5. The second kappa shape index (κ2) is 9.13. The Labute approximate surface area is 131 Å². The summed E-state index contributed by atoms with van der Waals surface area (Å²) in [7, 11) is 0. The highest BCUT2D eigenvalue weighted by molar-refractivity contribution is 5.56. The topological polar surface area (TPSA) is 35.5 Å². The van der Waals surface area contributed by atoms with Gasteiger partial charge in [0.2, 0.25) is 0 Å². The molecule has 0 N–H and O–H groups in total. The average Bonchev–Trinajstić information content (AvgIpc) is 2.57. The Morgan fingerprint density at radius 2 is 1.45 bits per heavy atom. The van der Waals surface area contributed by atoms with Gasteiger partial charge in [0.15, 0.2) is 0 Å². The van der Waals surface area contributed by atoms with Crippen LogP contribution in [0.15, 0.2) is 60.7 Å². The molecule has 2 aromatic carbocycles. The SMILES string of the molecule is C[C@@H](COCc1ccccc1)[C@@H](C=O)OCc1ccccc1. The van der Waals surface area contributed by atoms with Crippen molar-refractivity contribution in [3.8, 4) is 0 Å². The normalized spacial score (nSPS) is 13.5. The van der Waals surface area contributed by atoms with E-state index in [1.165, 1.54) is 0 Å². The zero-order chi connectivity index (χ0) is 15.6. The maximum atomic E-state index is 11.2. The van der Waals surface area contributed by atoms with Crippen molar-refractivity contribution in [2.24, 2.45) is 5.92 Å². The molecule has 116 valence electrons. The van der Waals surface area contributed by atoms with Gasteiger partial charge in [-0.25, -0.2) is 0 Å². The van der Waals surface area contributed by atoms with Gasteiger partial charge in [0.25, 0.3) is 0 Å². The zero-order valence-electron chi connectivity index (χ0n) is 12.9. The molecule has 0 fully saturated rings. The first kappa shape index (κ1) is 16.4. The molecular formula is C19H22O3. The zero-order valence-corrected chi connectivity index (χ0v) is 12.9. The van der Waals surface area contributed by atoms with E-state index in [1.54, 1.807) is 0 Å². The molecule has 0 aliphatic heterocycles. The number of hydrogen-bond acceptors (Lipinski definition) is 3. The second-order valence-corrected chi connectivity index (χ2v) is 5.38. The maximum absolute atomic E-state index is 11.2. The molecule has 0 heterocycles. The van der Waals surface area contributed by atoms with Crippen LogP contribution < -0.4 is 0 Å². The van der Waals surface area contributed by atoms with E-state index in [0.717, 1.165) is 17.4 Å². The first-order valence-electron chi connectivity index (χ1n) is 7.52. The largest absolute Gasteiger partial charge is 0.376 e. The summed E-state index contributed by atoms with van der Waals surface area (Å²) in [5.74, 6) is 0.0184. The Balaban J connectivity index is 1.74. The quantitative estimate of drug-likeness (QED) is 0.663. The van der Waals surface area contributed by atoms with Crippen LogP contribution in [0.2, 0.25) is 0 Å². The molecule has 2 rings (SSSR count). The number of carbonyl (C=O) groups excluding carboxylic acids is 1. The van der Waals surface area contributed by atoms with Gasteiger partial charge in [-0.3, -0.25) is 0 Å². The predicted octanol–water partition coefficient (Wildman–Crippen LogP) is 3.62. The molecule has 0 aliphatic rings. The summed E-state index contributed by atoms with van der Waals surface area (Å²) in [6.45, 7) is 3.45. The average molecular weight is 298 g/mol. The minimum atomic E-state index is -0.448. The van der Waals surface area contributed by atoms with E-state index in [2.05, 4.69) is 0 Å². The minimum Gasteiger partial charge on any atom is -0.376 e. The number of ether oxygens (including phenoxy) is 2. The molecule has 22 heavy (non-hydrogen) atoms. The molecule has 2 atom stereocenters. The van der Waals surface area contributed by atoms with Crippen LogP contribution in [0.3, 0.4) is 0 Å². The van der Waals surface area contributed by atoms with Gasteiger partial charge >= 0.3 is 0 Å². The van der Waals surface area contributed by atoms with Crippen LogP contribution in [0.4, 0.5) is 0 Å². The van der Waals surface area contributed by atoms with E-state index in [4.69, 9.17) is 9.47 Å². The van der Waals surface area contributed by atoms with Gasteiger partial charge < -0.3 is 14.3 Å². The molecule has 0 amide bonds. The number of rotatable bonds is 9. The fraction of sp³-hybridized carbons (Fsp3) is 0.316. The van der Waals surface area contributed by atoms with Crippen molar-refractivity contribution in [2.45, 2.75) is 26.2 Å². The lowest BCUT2D eigenvalue weighted by atomic mass is 10.1. The van der Waals surface area contributed by atoms with E-state index in [1.807, 2.05) is 67.6 Å². The lowest BCUT2D eigenvalue weighted by Gasteiger charge is -2.19. The van der Waals surface area contributed by atoms with Crippen molar-refractivity contribution < 1.29 is 14.3 Å². The van der Waals surface area contributed by atoms with Gasteiger partial charge in [0, 0.05) is 5.92 Å². The van der Waals surface area contributed by atoms with Crippen LogP contribution in [-0.2, 0) is 27.5 Å². The van der Waals surface area contributed by atoms with E-state index in [-0.39, 0.29) is 5.92 Å². The Hall–Kier alpha value is -1.97. The van der Waals surface area contributed by atoms with Crippen LogP contribution in [0.1, 0.15) is 18.1 Å². The van der Waals surface area contributed by atoms with Crippen LogP contribution in [0, 0.1) is 5.92 Å². The summed E-state index contributed by atoms with van der Waals surface area (Å²) in [4.78, 5) is 11.2. The van der Waals surface area contributed by atoms with Gasteiger partial charge in [0.1, 0.15) is 12.4 Å². The second-order valence-electron chi connectivity index (χ2n) is 5.38. The monoisotopic (exact) mass is 298 g/mol. The first-order valence-corrected chi connectivity index (χ1v) is 7.52. The molecule has 0 saturated heterocycles. The van der Waals surface area contributed by atoms with Gasteiger partial charge in [-0.1, -0.05) is 67.6 Å². The van der Waals surface area contributed by atoms with Gasteiger partial charge in [-0.05, 0) is 11.1 Å². The lowest BCUT2D eigenvalue weighted by Crippen LogP contribution is -2.27. The van der Waals surface area contributed by atoms with Gasteiger partial charge in [-0.2, -0.15) is 0 Å². The van der Waals surface area contributed by atoms with Crippen LogP contribution in [0.25, 0.3) is 0 Å². The highest BCUT2D eigenvalue weighted by Crippen LogP contribution is 2.11. The number of benzene rings is 2. The first-order chi connectivity index (χ1) is 10.8. The summed E-state index contributed by atoms with van der Waals surface area (Å²) < 4.78 is 11.4. The van der Waals surface area contributed by atoms with Crippen molar-refractivity contribution in [1.82, 2.24) is 0 Å². The third kappa shape index (κ3) is 5.43.